The number of hydrogen-bond donors (Lipinski definition) is 1. The second kappa shape index (κ2) is 28.2. The molecule has 1 amide bonds. The topological polar surface area (TPSA) is 35.6 Å². The van der Waals surface area contributed by atoms with E-state index >= 15 is 0 Å². The van der Waals surface area contributed by atoms with Crippen LogP contribution >= 0.6 is 0 Å². The van der Waals surface area contributed by atoms with Gasteiger partial charge in [0.05, 0.1) is 5.92 Å². The van der Waals surface area contributed by atoms with Crippen LogP contribution in [0.4, 0.5) is 0 Å². The van der Waals surface area contributed by atoms with Gasteiger partial charge in [-0.15, -0.1) is 0 Å². The smallest absolute Gasteiger partial charge is 0.224 e. The first-order valence-corrected chi connectivity index (χ1v) is 17.2. The number of carbonyl (C=O) groups is 1. The highest BCUT2D eigenvalue weighted by molar-refractivity contribution is 5.80. The van der Waals surface area contributed by atoms with Crippen molar-refractivity contribution in [2.45, 2.75) is 108 Å². The summed E-state index contributed by atoms with van der Waals surface area (Å²) in [6, 6.07) is 0. The molecule has 4 heteroatoms. The van der Waals surface area contributed by atoms with Crippen molar-refractivity contribution in [1.82, 2.24) is 15.1 Å². The predicted molar refractivity (Wildman–Crippen MR) is 194 cm³/mol. The largest absolute Gasteiger partial charge is 0.356 e. The molecular weight excluding hydrogens is 526 g/mol. The van der Waals surface area contributed by atoms with Crippen LogP contribution in [-0.4, -0.2) is 41.9 Å². The number of likely N-dealkylation sites (tertiary alicyclic amines) is 1. The molecule has 0 aromatic carbocycles. The third-order valence-corrected chi connectivity index (χ3v) is 7.28. The highest BCUT2D eigenvalue weighted by Crippen LogP contribution is 2.33. The number of hydrogen-bond acceptors (Lipinski definition) is 3. The molecule has 0 radical (unpaired) electrons. The lowest BCUT2D eigenvalue weighted by Crippen LogP contribution is -2.44. The average molecular weight is 596 g/mol. The standard InChI is InChI=1S/C30H45N3O.C5H12.2C2H6/c1-6-14-28(33(21-8-3)25(4)5)17-13-22-32-23-18-27(19-24-32)29(30(34)31-20-7-2)26-15-11-9-10-12-16-26;1-4-5(2)3;2*1-2/h8-17,21,26-27,29H,4,6-7,18-20,22-24H2,1-3,5H3,(H,31,34);5H,4H2,1-3H3;2*1-2H3/b17-13-,21-8-,28-14+;;;. The van der Waals surface area contributed by atoms with E-state index in [1.54, 1.807) is 0 Å². The van der Waals surface area contributed by atoms with Gasteiger partial charge in [-0.2, -0.15) is 0 Å². The second-order valence-corrected chi connectivity index (χ2v) is 11.0. The van der Waals surface area contributed by atoms with E-state index in [9.17, 15) is 4.79 Å². The summed E-state index contributed by atoms with van der Waals surface area (Å²) in [5, 5.41) is 3.17. The van der Waals surface area contributed by atoms with E-state index in [-0.39, 0.29) is 17.7 Å². The maximum absolute atomic E-state index is 13.1. The van der Waals surface area contributed by atoms with Crippen LogP contribution in [0.5, 0.6) is 0 Å². The fraction of sp³-hybridized carbons (Fsp3) is 0.615. The van der Waals surface area contributed by atoms with Crippen molar-refractivity contribution >= 4 is 5.91 Å². The van der Waals surface area contributed by atoms with E-state index in [4.69, 9.17) is 0 Å². The van der Waals surface area contributed by atoms with Crippen LogP contribution in [0.25, 0.3) is 0 Å². The Morgan fingerprint density at radius 2 is 1.58 bits per heavy atom. The number of allylic oxidation sites excluding steroid dienone is 10. The van der Waals surface area contributed by atoms with Gasteiger partial charge in [-0.1, -0.05) is 130 Å². The third kappa shape index (κ3) is 18.6. The van der Waals surface area contributed by atoms with Crippen molar-refractivity contribution in [3.63, 3.8) is 0 Å². The zero-order chi connectivity index (χ0) is 33.0. The molecule has 1 aliphatic carbocycles. The second-order valence-electron chi connectivity index (χ2n) is 11.0. The molecule has 1 aliphatic heterocycles. The minimum Gasteiger partial charge on any atom is -0.356 e. The lowest BCUT2D eigenvalue weighted by molar-refractivity contribution is -0.128. The molecule has 1 N–H and O–H groups in total. The van der Waals surface area contributed by atoms with Gasteiger partial charge in [-0.25, -0.2) is 0 Å². The van der Waals surface area contributed by atoms with Crippen molar-refractivity contribution in [1.29, 1.82) is 0 Å². The molecule has 1 atom stereocenters. The quantitative estimate of drug-likeness (QED) is 0.215. The van der Waals surface area contributed by atoms with Crippen LogP contribution in [0.2, 0.25) is 0 Å². The Morgan fingerprint density at radius 3 is 2.02 bits per heavy atom. The molecular formula is C39H69N3O. The van der Waals surface area contributed by atoms with Crippen molar-refractivity contribution in [2.24, 2.45) is 23.7 Å². The van der Waals surface area contributed by atoms with Gasteiger partial charge in [-0.05, 0) is 70.5 Å². The highest BCUT2D eigenvalue weighted by atomic mass is 16.1. The molecule has 4 nitrogen and oxygen atoms in total. The van der Waals surface area contributed by atoms with E-state index in [2.05, 4.69) is 105 Å². The first kappa shape index (κ1) is 42.5. The summed E-state index contributed by atoms with van der Waals surface area (Å²) < 4.78 is 0. The van der Waals surface area contributed by atoms with Crippen LogP contribution in [0, 0.1) is 23.7 Å². The number of amides is 1. The Morgan fingerprint density at radius 1 is 1.02 bits per heavy atom. The van der Waals surface area contributed by atoms with Crippen molar-refractivity contribution in [3.8, 4) is 0 Å². The molecule has 2 aliphatic rings. The van der Waals surface area contributed by atoms with Crippen LogP contribution in [-0.2, 0) is 4.79 Å². The van der Waals surface area contributed by atoms with Crippen molar-refractivity contribution < 1.29 is 4.79 Å². The highest BCUT2D eigenvalue weighted by Gasteiger charge is 2.35. The average Bonchev–Trinajstić information content (AvgIpc) is 3.31. The van der Waals surface area contributed by atoms with Gasteiger partial charge >= 0.3 is 0 Å². The Balaban J connectivity index is 0. The first-order chi connectivity index (χ1) is 20.8. The Bertz CT molecular complexity index is 866. The molecule has 0 aromatic heterocycles. The fourth-order valence-electron chi connectivity index (χ4n) is 4.74. The van der Waals surface area contributed by atoms with E-state index in [1.165, 1.54) is 6.42 Å². The summed E-state index contributed by atoms with van der Waals surface area (Å²) in [5.74, 6) is 1.65. The normalized spacial score (nSPS) is 16.5. The maximum Gasteiger partial charge on any atom is 0.224 e. The Kier molecular flexibility index (Phi) is 27.9. The van der Waals surface area contributed by atoms with E-state index in [1.807, 2.05) is 59.8 Å². The van der Waals surface area contributed by atoms with Crippen molar-refractivity contribution in [3.05, 3.63) is 84.9 Å². The summed E-state index contributed by atoms with van der Waals surface area (Å²) in [4.78, 5) is 17.8. The fourth-order valence-corrected chi connectivity index (χ4v) is 4.74. The molecule has 43 heavy (non-hydrogen) atoms. The molecule has 246 valence electrons. The van der Waals surface area contributed by atoms with E-state index in [0.29, 0.717) is 5.92 Å². The molecule has 1 heterocycles. The molecule has 0 spiro atoms. The van der Waals surface area contributed by atoms with Gasteiger partial charge in [0.2, 0.25) is 5.91 Å². The number of rotatable bonds is 13. The lowest BCUT2D eigenvalue weighted by atomic mass is 9.75. The summed E-state index contributed by atoms with van der Waals surface area (Å²) in [5.41, 5.74) is 2.17. The number of nitrogens with one attached hydrogen (secondary N) is 1. The lowest BCUT2D eigenvalue weighted by Gasteiger charge is -2.37. The zero-order valence-electron chi connectivity index (χ0n) is 30.0. The summed E-state index contributed by atoms with van der Waals surface area (Å²) in [6.45, 7) is 30.8. The van der Waals surface area contributed by atoms with Gasteiger partial charge < -0.3 is 10.2 Å². The molecule has 1 unspecified atom stereocenters. The van der Waals surface area contributed by atoms with Gasteiger partial charge in [0.1, 0.15) is 0 Å². The van der Waals surface area contributed by atoms with Gasteiger partial charge in [0, 0.05) is 36.6 Å². The predicted octanol–water partition coefficient (Wildman–Crippen LogP) is 10.5. The van der Waals surface area contributed by atoms with E-state index < -0.39 is 0 Å². The van der Waals surface area contributed by atoms with Crippen LogP contribution in [0.1, 0.15) is 108 Å². The van der Waals surface area contributed by atoms with Crippen LogP contribution < -0.4 is 5.32 Å². The van der Waals surface area contributed by atoms with Crippen LogP contribution in [0.3, 0.4) is 0 Å². The molecule has 1 fully saturated rings. The maximum atomic E-state index is 13.1. The minimum atomic E-state index is 0.000637. The number of nitrogens with zero attached hydrogens (tertiary/aromatic N) is 2. The van der Waals surface area contributed by atoms with Gasteiger partial charge in [0.15, 0.2) is 0 Å². The van der Waals surface area contributed by atoms with Crippen LogP contribution in [0.15, 0.2) is 84.9 Å². The molecule has 0 saturated carbocycles. The van der Waals surface area contributed by atoms with Gasteiger partial charge in [-0.3, -0.25) is 9.69 Å². The molecule has 2 rings (SSSR count). The SMILES string of the molecule is C=C(C)N(/C=C\C)C(/C=C\CN1CCC(C(C(=O)NCCC)C2C=CC=CC=C2)CC1)=C/CC.CC.CC.CCC(C)C. The van der Waals surface area contributed by atoms with Gasteiger partial charge in [0.25, 0.3) is 0 Å². The molecule has 0 bridgehead atoms. The molecule has 1 saturated heterocycles. The first-order valence-electron chi connectivity index (χ1n) is 17.2. The monoisotopic (exact) mass is 596 g/mol. The third-order valence-electron chi connectivity index (χ3n) is 7.28. The summed E-state index contributed by atoms with van der Waals surface area (Å²) in [6.07, 6.45) is 28.8. The zero-order valence-corrected chi connectivity index (χ0v) is 30.0. The Hall–Kier alpha value is -2.59. The van der Waals surface area contributed by atoms with E-state index in [0.717, 1.165) is 69.2 Å². The Labute approximate surface area is 268 Å². The number of piperidine rings is 1. The molecule has 0 aromatic rings. The number of carbonyl (C=O) groups excluding carboxylic acids is 1. The summed E-state index contributed by atoms with van der Waals surface area (Å²) >= 11 is 0. The van der Waals surface area contributed by atoms with Crippen molar-refractivity contribution in [2.75, 3.05) is 26.2 Å². The minimum absolute atomic E-state index is 0.000637. The summed E-state index contributed by atoms with van der Waals surface area (Å²) in [7, 11) is 0.